The summed E-state index contributed by atoms with van der Waals surface area (Å²) in [6.07, 6.45) is 4.27. The molecular weight excluding hydrogens is 251 g/mol. The molecule has 106 valence electrons. The molecule has 0 unspecified atom stereocenters. The predicted molar refractivity (Wildman–Crippen MR) is 66.0 cm³/mol. The van der Waals surface area contributed by atoms with Crippen molar-refractivity contribution in [3.63, 3.8) is 0 Å². The number of hydrogen-bond acceptors (Lipinski definition) is 4. The molecule has 5 nitrogen and oxygen atoms in total. The summed E-state index contributed by atoms with van der Waals surface area (Å²) in [6.45, 7) is 1.89. The van der Waals surface area contributed by atoms with Crippen LogP contribution in [-0.4, -0.2) is 32.1 Å². The lowest BCUT2D eigenvalue weighted by atomic mass is 9.84. The number of carbonyl (C=O) groups is 1. The minimum absolute atomic E-state index is 0.123. The maximum atomic E-state index is 13.6. The zero-order valence-corrected chi connectivity index (χ0v) is 10.9. The lowest BCUT2D eigenvalue weighted by Gasteiger charge is -2.28. The molecule has 6 heteroatoms. The number of aliphatic hydroxyl groups excluding tert-OH is 1. The molecule has 1 aromatic rings. The highest BCUT2D eigenvalue weighted by atomic mass is 19.1. The average molecular weight is 270 g/mol. The summed E-state index contributed by atoms with van der Waals surface area (Å²) in [5.74, 6) is -1.51. The summed E-state index contributed by atoms with van der Waals surface area (Å²) in [5, 5.41) is 21.8. The highest BCUT2D eigenvalue weighted by molar-refractivity contribution is 5.97. The summed E-state index contributed by atoms with van der Waals surface area (Å²) in [6, 6.07) is -0.123. The third kappa shape index (κ3) is 2.84. The Hall–Kier alpha value is -1.27. The Morgan fingerprint density at radius 3 is 2.63 bits per heavy atom. The third-order valence-electron chi connectivity index (χ3n) is 3.94. The first-order chi connectivity index (χ1) is 9.02. The third-order valence-corrected chi connectivity index (χ3v) is 3.94. The van der Waals surface area contributed by atoms with Crippen molar-refractivity contribution in [3.05, 3.63) is 17.7 Å². The van der Waals surface area contributed by atoms with E-state index < -0.39 is 17.9 Å². The van der Waals surface area contributed by atoms with Gasteiger partial charge in [0.05, 0.1) is 12.2 Å². The van der Waals surface area contributed by atoms with Gasteiger partial charge >= 0.3 is 0 Å². The maximum Gasteiger partial charge on any atom is 0.239 e. The van der Waals surface area contributed by atoms with Gasteiger partial charge in [-0.2, -0.15) is 5.10 Å². The molecule has 0 aromatic carbocycles. The SMILES string of the molecule is C[C@H](C1CCCCC1)n1ncc(F)c1C(=O)C(O)O. The van der Waals surface area contributed by atoms with Gasteiger partial charge in [0.1, 0.15) is 5.69 Å². The largest absolute Gasteiger partial charge is 0.362 e. The van der Waals surface area contributed by atoms with E-state index >= 15 is 0 Å². The number of Topliss-reactive ketones (excluding diaryl/α,β-unsaturated/α-hetero) is 1. The average Bonchev–Trinajstić information content (AvgIpc) is 2.79. The number of carbonyl (C=O) groups excluding carboxylic acids is 1. The van der Waals surface area contributed by atoms with Crippen LogP contribution in [0.5, 0.6) is 0 Å². The normalized spacial score (nSPS) is 18.8. The second-order valence-corrected chi connectivity index (χ2v) is 5.16. The molecule has 19 heavy (non-hydrogen) atoms. The number of rotatable bonds is 4. The second kappa shape index (κ2) is 5.79. The van der Waals surface area contributed by atoms with Crippen molar-refractivity contribution in [1.29, 1.82) is 0 Å². The van der Waals surface area contributed by atoms with Crippen LogP contribution in [0.1, 0.15) is 55.6 Å². The van der Waals surface area contributed by atoms with E-state index in [1.165, 1.54) is 11.1 Å². The van der Waals surface area contributed by atoms with Gasteiger partial charge in [0.25, 0.3) is 0 Å². The molecular formula is C13H19FN2O3. The topological polar surface area (TPSA) is 75.4 Å². The summed E-state index contributed by atoms with van der Waals surface area (Å²) >= 11 is 0. The Labute approximate surface area is 111 Å². The Kier molecular flexibility index (Phi) is 4.31. The van der Waals surface area contributed by atoms with E-state index in [9.17, 15) is 9.18 Å². The van der Waals surface area contributed by atoms with Crippen molar-refractivity contribution in [2.75, 3.05) is 0 Å². The summed E-state index contributed by atoms with van der Waals surface area (Å²) in [5.41, 5.74) is -0.340. The fourth-order valence-electron chi connectivity index (χ4n) is 2.82. The smallest absolute Gasteiger partial charge is 0.239 e. The Bertz CT molecular complexity index is 453. The van der Waals surface area contributed by atoms with Crippen molar-refractivity contribution in [1.82, 2.24) is 9.78 Å². The predicted octanol–water partition coefficient (Wildman–Crippen LogP) is 1.66. The minimum Gasteiger partial charge on any atom is -0.362 e. The molecule has 2 rings (SSSR count). The molecule has 1 aromatic heterocycles. The molecule has 0 aliphatic heterocycles. The Morgan fingerprint density at radius 1 is 1.42 bits per heavy atom. The van der Waals surface area contributed by atoms with Crippen LogP contribution >= 0.6 is 0 Å². The van der Waals surface area contributed by atoms with Crippen LogP contribution < -0.4 is 0 Å². The molecule has 0 amide bonds. The lowest BCUT2D eigenvalue weighted by Crippen LogP contribution is -2.28. The molecule has 0 spiro atoms. The van der Waals surface area contributed by atoms with Crippen LogP contribution in [0.15, 0.2) is 6.20 Å². The first-order valence-electron chi connectivity index (χ1n) is 6.65. The van der Waals surface area contributed by atoms with Crippen LogP contribution in [0, 0.1) is 11.7 Å². The summed E-state index contributed by atoms with van der Waals surface area (Å²) in [7, 11) is 0. The Balaban J connectivity index is 2.26. The van der Waals surface area contributed by atoms with Gasteiger partial charge in [-0.1, -0.05) is 19.3 Å². The minimum atomic E-state index is -2.21. The number of ketones is 1. The van der Waals surface area contributed by atoms with Gasteiger partial charge in [-0.15, -0.1) is 0 Å². The quantitative estimate of drug-likeness (QED) is 0.644. The fourth-order valence-corrected chi connectivity index (χ4v) is 2.82. The molecule has 1 saturated carbocycles. The zero-order chi connectivity index (χ0) is 14.0. The van der Waals surface area contributed by atoms with E-state index in [1.54, 1.807) is 0 Å². The number of hydrogen-bond donors (Lipinski definition) is 2. The highest BCUT2D eigenvalue weighted by Gasteiger charge is 2.29. The summed E-state index contributed by atoms with van der Waals surface area (Å²) in [4.78, 5) is 11.6. The van der Waals surface area contributed by atoms with Gasteiger partial charge in [-0.3, -0.25) is 9.48 Å². The van der Waals surface area contributed by atoms with E-state index in [0.717, 1.165) is 31.9 Å². The first-order valence-corrected chi connectivity index (χ1v) is 6.65. The highest BCUT2D eigenvalue weighted by Crippen LogP contribution is 2.33. The van der Waals surface area contributed by atoms with Gasteiger partial charge in [0.15, 0.2) is 5.82 Å². The van der Waals surface area contributed by atoms with Gasteiger partial charge < -0.3 is 10.2 Å². The first kappa shape index (κ1) is 14.1. The summed E-state index contributed by atoms with van der Waals surface area (Å²) < 4.78 is 14.9. The van der Waals surface area contributed by atoms with Gasteiger partial charge in [0.2, 0.25) is 12.1 Å². The van der Waals surface area contributed by atoms with E-state index in [1.807, 2.05) is 6.92 Å². The van der Waals surface area contributed by atoms with Crippen LogP contribution in [0.4, 0.5) is 4.39 Å². The van der Waals surface area contributed by atoms with E-state index in [-0.39, 0.29) is 11.7 Å². The van der Waals surface area contributed by atoms with Crippen LogP contribution in [0.3, 0.4) is 0 Å². The van der Waals surface area contributed by atoms with Crippen LogP contribution in [0.25, 0.3) is 0 Å². The Morgan fingerprint density at radius 2 is 2.05 bits per heavy atom. The number of aromatic nitrogens is 2. The fraction of sp³-hybridized carbons (Fsp3) is 0.692. The molecule has 2 N–H and O–H groups in total. The van der Waals surface area contributed by atoms with Gasteiger partial charge in [0, 0.05) is 0 Å². The monoisotopic (exact) mass is 270 g/mol. The number of nitrogens with zero attached hydrogens (tertiary/aromatic N) is 2. The molecule has 0 saturated heterocycles. The van der Waals surface area contributed by atoms with E-state index in [4.69, 9.17) is 10.2 Å². The molecule has 1 aliphatic rings. The molecule has 1 atom stereocenters. The molecule has 1 aliphatic carbocycles. The number of halogens is 1. The van der Waals surface area contributed by atoms with Crippen molar-refractivity contribution >= 4 is 5.78 Å². The molecule has 1 fully saturated rings. The van der Waals surface area contributed by atoms with Crippen LogP contribution in [-0.2, 0) is 0 Å². The van der Waals surface area contributed by atoms with Crippen molar-refractivity contribution < 1.29 is 19.4 Å². The molecule has 0 radical (unpaired) electrons. The van der Waals surface area contributed by atoms with Crippen molar-refractivity contribution in [2.45, 2.75) is 51.4 Å². The van der Waals surface area contributed by atoms with Crippen molar-refractivity contribution in [3.8, 4) is 0 Å². The van der Waals surface area contributed by atoms with E-state index in [0.29, 0.717) is 5.92 Å². The molecule has 1 heterocycles. The van der Waals surface area contributed by atoms with Crippen LogP contribution in [0.2, 0.25) is 0 Å². The zero-order valence-electron chi connectivity index (χ0n) is 10.9. The second-order valence-electron chi connectivity index (χ2n) is 5.16. The maximum absolute atomic E-state index is 13.6. The van der Waals surface area contributed by atoms with Gasteiger partial charge in [-0.25, -0.2) is 4.39 Å². The van der Waals surface area contributed by atoms with E-state index in [2.05, 4.69) is 5.10 Å². The lowest BCUT2D eigenvalue weighted by molar-refractivity contribution is -0.0208. The van der Waals surface area contributed by atoms with Crippen molar-refractivity contribution in [2.24, 2.45) is 5.92 Å². The van der Waals surface area contributed by atoms with Gasteiger partial charge in [-0.05, 0) is 25.7 Å². The number of aliphatic hydroxyl groups is 2. The molecule has 0 bridgehead atoms. The standard InChI is InChI=1S/C13H19FN2O3/c1-8(9-5-3-2-4-6-9)16-11(10(14)7-15-16)12(17)13(18)19/h7-9,13,18-19H,2-6H2,1H3/t8-/m1/s1.